The molecule has 0 atom stereocenters. The minimum atomic E-state index is -0.0631. The Morgan fingerprint density at radius 1 is 0.482 bits per heavy atom. The van der Waals surface area contributed by atoms with E-state index < -0.39 is 0 Å². The lowest BCUT2D eigenvalue weighted by Gasteiger charge is -2.28. The first-order valence-electron chi connectivity index (χ1n) is 19.3. The lowest BCUT2D eigenvalue weighted by Crippen LogP contribution is -2.15. The van der Waals surface area contributed by atoms with Gasteiger partial charge in [-0.3, -0.25) is 0 Å². The molecular formula is C53H35NOS. The van der Waals surface area contributed by atoms with E-state index in [1.807, 2.05) is 11.3 Å². The van der Waals surface area contributed by atoms with Gasteiger partial charge in [0.25, 0.3) is 0 Å². The Labute approximate surface area is 328 Å². The molecule has 0 radical (unpaired) electrons. The topological polar surface area (TPSA) is 16.4 Å². The highest BCUT2D eigenvalue weighted by Crippen LogP contribution is 2.52. The van der Waals surface area contributed by atoms with Crippen molar-refractivity contribution in [2.75, 3.05) is 4.90 Å². The number of hydrogen-bond donors (Lipinski definition) is 0. The summed E-state index contributed by atoms with van der Waals surface area (Å²) in [4.78, 5) is 2.47. The molecule has 0 fully saturated rings. The van der Waals surface area contributed by atoms with Gasteiger partial charge in [0.1, 0.15) is 11.2 Å². The summed E-state index contributed by atoms with van der Waals surface area (Å²) in [5.74, 6) is 0. The van der Waals surface area contributed by atoms with Crippen LogP contribution in [0.1, 0.15) is 25.0 Å². The van der Waals surface area contributed by atoms with Gasteiger partial charge in [0.2, 0.25) is 0 Å². The number of benzene rings is 9. The van der Waals surface area contributed by atoms with Gasteiger partial charge in [-0.2, -0.15) is 0 Å². The van der Waals surface area contributed by atoms with Gasteiger partial charge in [0, 0.05) is 48.4 Å². The molecule has 0 unspecified atom stereocenters. The van der Waals surface area contributed by atoms with Gasteiger partial charge >= 0.3 is 0 Å². The molecule has 0 saturated carbocycles. The predicted octanol–water partition coefficient (Wildman–Crippen LogP) is 15.7. The van der Waals surface area contributed by atoms with Crippen LogP contribution in [0.2, 0.25) is 0 Å². The van der Waals surface area contributed by atoms with Crippen molar-refractivity contribution in [1.29, 1.82) is 0 Å². The van der Waals surface area contributed by atoms with Crippen molar-refractivity contribution in [3.63, 3.8) is 0 Å². The fourth-order valence-corrected chi connectivity index (χ4v) is 10.7. The van der Waals surface area contributed by atoms with Gasteiger partial charge in [-0.25, -0.2) is 0 Å². The molecule has 1 aliphatic carbocycles. The number of hydrogen-bond acceptors (Lipinski definition) is 3. The molecule has 12 rings (SSSR count). The summed E-state index contributed by atoms with van der Waals surface area (Å²) >= 11 is 1.87. The second-order valence-corrected chi connectivity index (χ2v) is 16.7. The van der Waals surface area contributed by atoms with E-state index in [2.05, 4.69) is 195 Å². The molecule has 0 bridgehead atoms. The summed E-state index contributed by atoms with van der Waals surface area (Å²) in [5, 5.41) is 9.70. The fraction of sp³-hybridized carbons (Fsp3) is 0.0566. The maximum Gasteiger partial charge on any atom is 0.143 e. The van der Waals surface area contributed by atoms with Crippen molar-refractivity contribution >= 4 is 92.1 Å². The number of rotatable bonds is 4. The molecule has 2 aromatic heterocycles. The molecular weight excluding hydrogens is 699 g/mol. The third kappa shape index (κ3) is 4.49. The van der Waals surface area contributed by atoms with E-state index in [0.29, 0.717) is 0 Å². The highest BCUT2D eigenvalue weighted by atomic mass is 32.1. The van der Waals surface area contributed by atoms with E-state index in [0.717, 1.165) is 33.3 Å². The van der Waals surface area contributed by atoms with E-state index in [1.165, 1.54) is 80.8 Å². The average Bonchev–Trinajstić information content (AvgIpc) is 3.89. The summed E-state index contributed by atoms with van der Waals surface area (Å²) in [6.45, 7) is 4.70. The smallest absolute Gasteiger partial charge is 0.143 e. The standard InChI is InChI=1S/C53H35NOS/c1-53(2)44-16-8-7-14-40(44)43-31-38(25-27-45(43)53)54(37-23-20-33(21-24-37)36-19-18-32-10-3-4-12-35(32)30-36)46-17-9-15-42-50-48(56-52(42)46)29-28-47-49(50)41-26-22-34-11-5-6-13-39(34)51(41)55-47/h3-31H,1-2H3. The minimum absolute atomic E-state index is 0.0631. The third-order valence-corrected chi connectivity index (χ3v) is 13.4. The van der Waals surface area contributed by atoms with Crippen LogP contribution in [0, 0.1) is 0 Å². The van der Waals surface area contributed by atoms with Crippen molar-refractivity contribution in [1.82, 2.24) is 0 Å². The van der Waals surface area contributed by atoms with Gasteiger partial charge < -0.3 is 9.32 Å². The van der Waals surface area contributed by atoms with Crippen LogP contribution in [0.15, 0.2) is 180 Å². The highest BCUT2D eigenvalue weighted by molar-refractivity contribution is 7.26. The number of fused-ring (bicyclic) bond motifs is 13. The predicted molar refractivity (Wildman–Crippen MR) is 239 cm³/mol. The Balaban J connectivity index is 1.08. The monoisotopic (exact) mass is 733 g/mol. The van der Waals surface area contributed by atoms with Gasteiger partial charge in [0.05, 0.1) is 10.4 Å². The Morgan fingerprint density at radius 3 is 2.09 bits per heavy atom. The van der Waals surface area contributed by atoms with Crippen LogP contribution in [0.25, 0.3) is 85.9 Å². The summed E-state index contributed by atoms with van der Waals surface area (Å²) in [6, 6.07) is 64.6. The zero-order valence-electron chi connectivity index (χ0n) is 31.0. The van der Waals surface area contributed by atoms with Crippen LogP contribution in [-0.4, -0.2) is 0 Å². The first-order chi connectivity index (χ1) is 27.5. The largest absolute Gasteiger partial charge is 0.455 e. The number of furan rings is 1. The Hall–Kier alpha value is -6.68. The molecule has 9 aromatic carbocycles. The molecule has 0 spiro atoms. The molecule has 264 valence electrons. The quantitative estimate of drug-likeness (QED) is 0.179. The number of anilines is 3. The van der Waals surface area contributed by atoms with Gasteiger partial charge in [-0.05, 0) is 104 Å². The van der Waals surface area contributed by atoms with E-state index in [-0.39, 0.29) is 5.41 Å². The zero-order valence-corrected chi connectivity index (χ0v) is 31.8. The zero-order chi connectivity index (χ0) is 37.1. The summed E-state index contributed by atoms with van der Waals surface area (Å²) in [6.07, 6.45) is 0. The van der Waals surface area contributed by atoms with Gasteiger partial charge in [-0.15, -0.1) is 11.3 Å². The van der Waals surface area contributed by atoms with Crippen LogP contribution >= 0.6 is 11.3 Å². The van der Waals surface area contributed by atoms with E-state index in [1.54, 1.807) is 0 Å². The number of nitrogens with zero attached hydrogens (tertiary/aromatic N) is 1. The van der Waals surface area contributed by atoms with Crippen molar-refractivity contribution in [3.8, 4) is 22.3 Å². The van der Waals surface area contributed by atoms with Crippen molar-refractivity contribution in [2.24, 2.45) is 0 Å². The summed E-state index contributed by atoms with van der Waals surface area (Å²) in [5.41, 5.74) is 13.0. The van der Waals surface area contributed by atoms with Crippen LogP contribution in [-0.2, 0) is 5.41 Å². The Bertz CT molecular complexity index is 3400. The van der Waals surface area contributed by atoms with Gasteiger partial charge in [-0.1, -0.05) is 135 Å². The maximum absolute atomic E-state index is 6.66. The lowest BCUT2D eigenvalue weighted by atomic mass is 9.82. The van der Waals surface area contributed by atoms with E-state index >= 15 is 0 Å². The maximum atomic E-state index is 6.66. The van der Waals surface area contributed by atoms with Crippen LogP contribution in [0.3, 0.4) is 0 Å². The average molecular weight is 734 g/mol. The molecule has 0 saturated heterocycles. The molecule has 2 heterocycles. The fourth-order valence-electron chi connectivity index (χ4n) is 9.49. The van der Waals surface area contributed by atoms with Crippen molar-refractivity contribution in [2.45, 2.75) is 19.3 Å². The van der Waals surface area contributed by atoms with Crippen LogP contribution < -0.4 is 4.90 Å². The van der Waals surface area contributed by atoms with E-state index in [4.69, 9.17) is 4.42 Å². The second kappa shape index (κ2) is 11.7. The number of thiophene rings is 1. The highest BCUT2D eigenvalue weighted by Gasteiger charge is 2.35. The van der Waals surface area contributed by atoms with Crippen molar-refractivity contribution in [3.05, 3.63) is 187 Å². The lowest BCUT2D eigenvalue weighted by molar-refractivity contribution is 0.660. The first kappa shape index (κ1) is 31.6. The Morgan fingerprint density at radius 2 is 1.20 bits per heavy atom. The molecule has 2 nitrogen and oxygen atoms in total. The van der Waals surface area contributed by atoms with Crippen molar-refractivity contribution < 1.29 is 4.42 Å². The molecule has 0 aliphatic heterocycles. The molecule has 0 N–H and O–H groups in total. The molecule has 11 aromatic rings. The molecule has 56 heavy (non-hydrogen) atoms. The SMILES string of the molecule is CC1(C)c2ccccc2-c2cc(N(c3ccc(-c4ccc5ccccc5c4)cc3)c3cccc4c3sc3ccc5oc6c7ccccc7ccc6c5c34)ccc21. The van der Waals surface area contributed by atoms with Crippen LogP contribution in [0.5, 0.6) is 0 Å². The summed E-state index contributed by atoms with van der Waals surface area (Å²) in [7, 11) is 0. The van der Waals surface area contributed by atoms with Crippen LogP contribution in [0.4, 0.5) is 17.1 Å². The second-order valence-electron chi connectivity index (χ2n) is 15.7. The molecule has 0 amide bonds. The molecule has 3 heteroatoms. The molecule has 1 aliphatic rings. The first-order valence-corrected chi connectivity index (χ1v) is 20.1. The van der Waals surface area contributed by atoms with Gasteiger partial charge in [0.15, 0.2) is 0 Å². The van der Waals surface area contributed by atoms with E-state index in [9.17, 15) is 0 Å². The third-order valence-electron chi connectivity index (χ3n) is 12.2. The minimum Gasteiger partial charge on any atom is -0.455 e. The Kier molecular flexibility index (Phi) is 6.59. The normalized spacial score (nSPS) is 13.3. The summed E-state index contributed by atoms with van der Waals surface area (Å²) < 4.78 is 9.17.